The molecule has 2 amide bonds. The van der Waals surface area contributed by atoms with Gasteiger partial charge in [0.2, 0.25) is 0 Å². The fourth-order valence-corrected chi connectivity index (χ4v) is 3.52. The van der Waals surface area contributed by atoms with E-state index in [1.165, 1.54) is 5.57 Å². The van der Waals surface area contributed by atoms with Gasteiger partial charge in [-0.1, -0.05) is 12.5 Å². The van der Waals surface area contributed by atoms with E-state index >= 15 is 0 Å². The van der Waals surface area contributed by atoms with Gasteiger partial charge in [0.15, 0.2) is 5.79 Å². The molecule has 0 saturated carbocycles. The Morgan fingerprint density at radius 3 is 2.84 bits per heavy atom. The quantitative estimate of drug-likeness (QED) is 0.887. The molecule has 0 radical (unpaired) electrons. The van der Waals surface area contributed by atoms with Gasteiger partial charge in [0.05, 0.1) is 26.0 Å². The first-order chi connectivity index (χ1) is 12.0. The van der Waals surface area contributed by atoms with Crippen molar-refractivity contribution >= 4 is 11.6 Å². The molecule has 0 unspecified atom stereocenters. The maximum absolute atomic E-state index is 12.5. The zero-order valence-corrected chi connectivity index (χ0v) is 15.3. The van der Waals surface area contributed by atoms with Crippen LogP contribution in [0.25, 0.3) is 5.57 Å². The van der Waals surface area contributed by atoms with E-state index in [0.29, 0.717) is 26.3 Å². The van der Waals surface area contributed by atoms with Gasteiger partial charge in [-0.2, -0.15) is 0 Å². The van der Waals surface area contributed by atoms with Crippen molar-refractivity contribution in [3.63, 3.8) is 0 Å². The SMILES string of the molecule is CC1=C(c2ccco2)CN(C(=O)NC[C@@H](C)CC2(C)OCCO2)CC1. The maximum Gasteiger partial charge on any atom is 0.317 e. The van der Waals surface area contributed by atoms with Crippen molar-refractivity contribution in [1.29, 1.82) is 0 Å². The molecular formula is C19H28N2O4. The van der Waals surface area contributed by atoms with Gasteiger partial charge in [0.1, 0.15) is 5.76 Å². The number of urea groups is 1. The fraction of sp³-hybridized carbons (Fsp3) is 0.632. The number of carbonyl (C=O) groups excluding carboxylic acids is 1. The third kappa shape index (κ3) is 4.44. The molecule has 138 valence electrons. The van der Waals surface area contributed by atoms with Crippen molar-refractivity contribution in [2.24, 2.45) is 5.92 Å². The van der Waals surface area contributed by atoms with Crippen LogP contribution in [0, 0.1) is 5.92 Å². The third-order valence-corrected chi connectivity index (χ3v) is 4.95. The van der Waals surface area contributed by atoms with Crippen LogP contribution in [0.5, 0.6) is 0 Å². The molecule has 1 aromatic rings. The Balaban J connectivity index is 1.50. The highest BCUT2D eigenvalue weighted by molar-refractivity contribution is 5.78. The van der Waals surface area contributed by atoms with Crippen molar-refractivity contribution in [1.82, 2.24) is 10.2 Å². The zero-order chi connectivity index (χ0) is 17.9. The molecule has 1 saturated heterocycles. The highest BCUT2D eigenvalue weighted by atomic mass is 16.7. The van der Waals surface area contributed by atoms with Gasteiger partial charge in [-0.15, -0.1) is 0 Å². The number of amides is 2. The predicted molar refractivity (Wildman–Crippen MR) is 95.0 cm³/mol. The first-order valence-electron chi connectivity index (χ1n) is 9.00. The van der Waals surface area contributed by atoms with Crippen LogP contribution >= 0.6 is 0 Å². The predicted octanol–water partition coefficient (Wildman–Crippen LogP) is 3.26. The Morgan fingerprint density at radius 2 is 2.16 bits per heavy atom. The first kappa shape index (κ1) is 18.0. The second-order valence-electron chi connectivity index (χ2n) is 7.23. The summed E-state index contributed by atoms with van der Waals surface area (Å²) in [5.74, 6) is 0.618. The Labute approximate surface area is 149 Å². The number of carbonyl (C=O) groups is 1. The molecule has 3 heterocycles. The van der Waals surface area contributed by atoms with E-state index in [1.807, 2.05) is 24.0 Å². The van der Waals surface area contributed by atoms with E-state index in [9.17, 15) is 4.79 Å². The summed E-state index contributed by atoms with van der Waals surface area (Å²) in [6, 6.07) is 3.80. The lowest BCUT2D eigenvalue weighted by molar-refractivity contribution is -0.153. The second kappa shape index (κ2) is 7.62. The van der Waals surface area contributed by atoms with E-state index in [0.717, 1.165) is 30.7 Å². The van der Waals surface area contributed by atoms with Crippen molar-refractivity contribution < 1.29 is 18.7 Å². The van der Waals surface area contributed by atoms with Crippen LogP contribution in [-0.2, 0) is 9.47 Å². The topological polar surface area (TPSA) is 63.9 Å². The molecule has 1 atom stereocenters. The largest absolute Gasteiger partial charge is 0.465 e. The van der Waals surface area contributed by atoms with Gasteiger partial charge in [0, 0.05) is 25.1 Å². The van der Waals surface area contributed by atoms with Crippen LogP contribution in [0.4, 0.5) is 4.79 Å². The number of hydrogen-bond donors (Lipinski definition) is 1. The Bertz CT molecular complexity index is 617. The molecule has 0 spiro atoms. The summed E-state index contributed by atoms with van der Waals surface area (Å²) in [5, 5.41) is 3.05. The summed E-state index contributed by atoms with van der Waals surface area (Å²) >= 11 is 0. The summed E-state index contributed by atoms with van der Waals surface area (Å²) in [7, 11) is 0. The molecular weight excluding hydrogens is 320 g/mol. The molecule has 25 heavy (non-hydrogen) atoms. The van der Waals surface area contributed by atoms with E-state index in [-0.39, 0.29) is 11.9 Å². The Morgan fingerprint density at radius 1 is 1.40 bits per heavy atom. The molecule has 1 N–H and O–H groups in total. The zero-order valence-electron chi connectivity index (χ0n) is 15.3. The molecule has 0 aromatic carbocycles. The molecule has 6 nitrogen and oxygen atoms in total. The van der Waals surface area contributed by atoms with Crippen molar-refractivity contribution in [3.8, 4) is 0 Å². The van der Waals surface area contributed by atoms with Crippen molar-refractivity contribution in [2.45, 2.75) is 39.4 Å². The number of hydrogen-bond acceptors (Lipinski definition) is 4. The van der Waals surface area contributed by atoms with Crippen molar-refractivity contribution in [3.05, 3.63) is 29.7 Å². The lowest BCUT2D eigenvalue weighted by atomic mass is 9.99. The van der Waals surface area contributed by atoms with Crippen LogP contribution in [-0.4, -0.2) is 49.6 Å². The minimum atomic E-state index is -0.512. The normalized spacial score (nSPS) is 21.5. The summed E-state index contributed by atoms with van der Waals surface area (Å²) < 4.78 is 16.8. The van der Waals surface area contributed by atoms with Crippen LogP contribution < -0.4 is 5.32 Å². The van der Waals surface area contributed by atoms with Gasteiger partial charge < -0.3 is 24.1 Å². The number of nitrogens with zero attached hydrogens (tertiary/aromatic N) is 1. The molecule has 1 fully saturated rings. The smallest absolute Gasteiger partial charge is 0.317 e. The summed E-state index contributed by atoms with van der Waals surface area (Å²) in [6.07, 6.45) is 3.31. The highest BCUT2D eigenvalue weighted by Crippen LogP contribution is 2.28. The monoisotopic (exact) mass is 348 g/mol. The standard InChI is InChI=1S/C19H28N2O4/c1-14(11-19(3)24-9-10-25-19)12-20-18(22)21-7-6-15(2)16(13-21)17-5-4-8-23-17/h4-5,8,14H,6-7,9-13H2,1-3H3,(H,20,22)/t14-/m0/s1. The molecule has 0 aliphatic carbocycles. The second-order valence-corrected chi connectivity index (χ2v) is 7.23. The van der Waals surface area contributed by atoms with Gasteiger partial charge >= 0.3 is 6.03 Å². The van der Waals surface area contributed by atoms with Gasteiger partial charge in [0.25, 0.3) is 0 Å². The molecule has 2 aliphatic heterocycles. The third-order valence-electron chi connectivity index (χ3n) is 4.95. The molecule has 2 aliphatic rings. The number of ether oxygens (including phenoxy) is 2. The lowest BCUT2D eigenvalue weighted by Gasteiger charge is -2.30. The van der Waals surface area contributed by atoms with Gasteiger partial charge in [-0.05, 0) is 38.3 Å². The van der Waals surface area contributed by atoms with Crippen LogP contribution in [0.15, 0.2) is 28.4 Å². The maximum atomic E-state index is 12.5. The molecule has 1 aromatic heterocycles. The number of rotatable bonds is 5. The van der Waals surface area contributed by atoms with Crippen molar-refractivity contribution in [2.75, 3.05) is 32.8 Å². The molecule has 6 heteroatoms. The minimum absolute atomic E-state index is 0.0261. The van der Waals surface area contributed by atoms with E-state index in [1.54, 1.807) is 6.26 Å². The average Bonchev–Trinajstić information content (AvgIpc) is 3.25. The molecule has 0 bridgehead atoms. The number of nitrogens with one attached hydrogen (secondary N) is 1. The van der Waals surface area contributed by atoms with Crippen LogP contribution in [0.3, 0.4) is 0 Å². The Kier molecular flexibility index (Phi) is 5.49. The van der Waals surface area contributed by atoms with E-state index in [4.69, 9.17) is 13.9 Å². The molecule has 3 rings (SSSR count). The first-order valence-corrected chi connectivity index (χ1v) is 9.00. The highest BCUT2D eigenvalue weighted by Gasteiger charge is 2.33. The van der Waals surface area contributed by atoms with Crippen LogP contribution in [0.1, 0.15) is 39.4 Å². The summed E-state index contributed by atoms with van der Waals surface area (Å²) in [6.45, 7) is 9.39. The average molecular weight is 348 g/mol. The summed E-state index contributed by atoms with van der Waals surface area (Å²) in [4.78, 5) is 14.4. The van der Waals surface area contributed by atoms with Crippen LogP contribution in [0.2, 0.25) is 0 Å². The van der Waals surface area contributed by atoms with Gasteiger partial charge in [-0.25, -0.2) is 4.79 Å². The number of furan rings is 1. The Hall–Kier alpha value is -1.79. The van der Waals surface area contributed by atoms with E-state index in [2.05, 4.69) is 19.2 Å². The van der Waals surface area contributed by atoms with Gasteiger partial charge in [-0.3, -0.25) is 0 Å². The fourth-order valence-electron chi connectivity index (χ4n) is 3.52. The minimum Gasteiger partial charge on any atom is -0.465 e. The lowest BCUT2D eigenvalue weighted by Crippen LogP contribution is -2.45. The van der Waals surface area contributed by atoms with E-state index < -0.39 is 5.79 Å². The summed E-state index contributed by atoms with van der Waals surface area (Å²) in [5.41, 5.74) is 2.40.